The normalized spacial score (nSPS) is 16.2. The third kappa shape index (κ3) is 3.56. The van der Waals surface area contributed by atoms with Crippen molar-refractivity contribution in [3.63, 3.8) is 0 Å². The van der Waals surface area contributed by atoms with E-state index >= 15 is 0 Å². The number of amides is 1. The lowest BCUT2D eigenvalue weighted by Gasteiger charge is -2.30. The van der Waals surface area contributed by atoms with Crippen molar-refractivity contribution in [3.8, 4) is 0 Å². The summed E-state index contributed by atoms with van der Waals surface area (Å²) in [5, 5.41) is 0.638. The van der Waals surface area contributed by atoms with Gasteiger partial charge in [0.25, 0.3) is 0 Å². The third-order valence-corrected chi connectivity index (χ3v) is 5.12. The van der Waals surface area contributed by atoms with E-state index < -0.39 is 0 Å². The number of hydrogen-bond acceptors (Lipinski definition) is 2. The van der Waals surface area contributed by atoms with Crippen LogP contribution in [0.3, 0.4) is 0 Å². The largest absolute Gasteiger partial charge is 0.303 e. The van der Waals surface area contributed by atoms with E-state index in [0.717, 1.165) is 22.5 Å². The van der Waals surface area contributed by atoms with Gasteiger partial charge >= 0.3 is 0 Å². The third-order valence-electron chi connectivity index (χ3n) is 4.87. The molecule has 3 aromatic rings. The smallest absolute Gasteiger partial charge is 0.224 e. The van der Waals surface area contributed by atoms with E-state index in [2.05, 4.69) is 0 Å². The van der Waals surface area contributed by atoms with Crippen molar-refractivity contribution >= 4 is 34.6 Å². The number of para-hydroxylation sites is 2. The van der Waals surface area contributed by atoms with E-state index in [9.17, 15) is 9.18 Å². The molecule has 5 heteroatoms. The quantitative estimate of drug-likeness (QED) is 0.518. The Bertz CT molecular complexity index is 1040. The number of anilines is 1. The van der Waals surface area contributed by atoms with Gasteiger partial charge in [0, 0.05) is 18.4 Å². The molecule has 0 fully saturated rings. The second-order valence-corrected chi connectivity index (χ2v) is 7.15. The number of carbonyl (C=O) groups is 1. The Kier molecular flexibility index (Phi) is 4.97. The summed E-state index contributed by atoms with van der Waals surface area (Å²) in [6.45, 7) is 1.56. The average molecular weight is 393 g/mol. The van der Waals surface area contributed by atoms with Gasteiger partial charge in [0.2, 0.25) is 5.91 Å². The highest BCUT2D eigenvalue weighted by molar-refractivity contribution is 6.30. The molecule has 0 aromatic heterocycles. The Hall–Kier alpha value is -2.98. The van der Waals surface area contributed by atoms with Crippen molar-refractivity contribution < 1.29 is 9.18 Å². The van der Waals surface area contributed by atoms with Crippen LogP contribution < -0.4 is 4.90 Å². The molecule has 3 nitrogen and oxygen atoms in total. The lowest BCUT2D eigenvalue weighted by molar-refractivity contribution is -0.117. The average Bonchev–Trinajstić information content (AvgIpc) is 2.86. The first-order valence-corrected chi connectivity index (χ1v) is 9.38. The number of aliphatic imine (C=N–C) groups is 1. The summed E-state index contributed by atoms with van der Waals surface area (Å²) in [6, 6.07) is 21.1. The first-order valence-electron chi connectivity index (χ1n) is 9.01. The second-order valence-electron chi connectivity index (χ2n) is 6.71. The standard InChI is InChI=1S/C23H18ClFN2O/c1-15(28)27-22-5-3-2-4-20(22)26-21(16-8-12-19(25)13-9-16)14-23(27)17-6-10-18(24)11-7-17/h2-13,23H,14H2,1H3. The Morgan fingerprint density at radius 3 is 2.39 bits per heavy atom. The molecular weight excluding hydrogens is 375 g/mol. The Morgan fingerprint density at radius 1 is 1.04 bits per heavy atom. The van der Waals surface area contributed by atoms with E-state index in [0.29, 0.717) is 17.1 Å². The van der Waals surface area contributed by atoms with Crippen LogP contribution >= 0.6 is 11.6 Å². The van der Waals surface area contributed by atoms with E-state index in [1.165, 1.54) is 12.1 Å². The molecule has 0 spiro atoms. The van der Waals surface area contributed by atoms with Gasteiger partial charge < -0.3 is 4.90 Å². The fourth-order valence-corrected chi connectivity index (χ4v) is 3.69. The van der Waals surface area contributed by atoms with Crippen LogP contribution in [-0.4, -0.2) is 11.6 Å². The summed E-state index contributed by atoms with van der Waals surface area (Å²) >= 11 is 6.06. The van der Waals surface area contributed by atoms with Gasteiger partial charge in [-0.25, -0.2) is 4.39 Å². The first-order chi connectivity index (χ1) is 13.5. The zero-order valence-electron chi connectivity index (χ0n) is 15.3. The summed E-state index contributed by atoms with van der Waals surface area (Å²) in [4.78, 5) is 19.3. The molecule has 0 saturated heterocycles. The van der Waals surface area contributed by atoms with Crippen molar-refractivity contribution in [3.05, 3.63) is 94.8 Å². The van der Waals surface area contributed by atoms with Gasteiger partial charge in [0.15, 0.2) is 0 Å². The molecule has 1 atom stereocenters. The maximum Gasteiger partial charge on any atom is 0.224 e. The number of fused-ring (bicyclic) bond motifs is 1. The Morgan fingerprint density at radius 2 is 1.71 bits per heavy atom. The first kappa shape index (κ1) is 18.4. The van der Waals surface area contributed by atoms with Gasteiger partial charge in [-0.1, -0.05) is 48.0 Å². The fourth-order valence-electron chi connectivity index (χ4n) is 3.56. The predicted molar refractivity (Wildman–Crippen MR) is 111 cm³/mol. The van der Waals surface area contributed by atoms with Crippen LogP contribution in [0.25, 0.3) is 0 Å². The molecule has 4 rings (SSSR count). The molecule has 28 heavy (non-hydrogen) atoms. The molecule has 1 heterocycles. The maximum atomic E-state index is 13.4. The molecule has 0 N–H and O–H groups in total. The molecule has 1 amide bonds. The zero-order chi connectivity index (χ0) is 19.7. The molecule has 1 aliphatic rings. The number of hydrogen-bond donors (Lipinski definition) is 0. The van der Waals surface area contributed by atoms with Crippen LogP contribution in [0.2, 0.25) is 5.02 Å². The number of benzene rings is 3. The van der Waals surface area contributed by atoms with Crippen LogP contribution in [-0.2, 0) is 4.79 Å². The number of nitrogens with zero attached hydrogens (tertiary/aromatic N) is 2. The minimum absolute atomic E-state index is 0.0667. The molecule has 0 saturated carbocycles. The van der Waals surface area contributed by atoms with Crippen molar-refractivity contribution in [1.82, 2.24) is 0 Å². The van der Waals surface area contributed by atoms with Crippen molar-refractivity contribution in [1.29, 1.82) is 0 Å². The Labute approximate surface area is 168 Å². The van der Waals surface area contributed by atoms with Crippen LogP contribution in [0.5, 0.6) is 0 Å². The van der Waals surface area contributed by atoms with Gasteiger partial charge in [0.1, 0.15) is 5.82 Å². The molecule has 0 bridgehead atoms. The van der Waals surface area contributed by atoms with Gasteiger partial charge in [-0.15, -0.1) is 0 Å². The highest BCUT2D eigenvalue weighted by atomic mass is 35.5. The summed E-state index contributed by atoms with van der Waals surface area (Å²) in [5.41, 5.74) is 4.07. The van der Waals surface area contributed by atoms with Gasteiger partial charge in [-0.2, -0.15) is 0 Å². The summed E-state index contributed by atoms with van der Waals surface area (Å²) in [7, 11) is 0. The van der Waals surface area contributed by atoms with E-state index in [4.69, 9.17) is 16.6 Å². The molecule has 1 aliphatic heterocycles. The number of rotatable bonds is 2. The highest BCUT2D eigenvalue weighted by Crippen LogP contribution is 2.40. The van der Waals surface area contributed by atoms with E-state index in [-0.39, 0.29) is 17.8 Å². The van der Waals surface area contributed by atoms with Crippen molar-refractivity contribution in [2.24, 2.45) is 4.99 Å². The zero-order valence-corrected chi connectivity index (χ0v) is 16.0. The molecule has 3 aromatic carbocycles. The fraction of sp³-hybridized carbons (Fsp3) is 0.130. The predicted octanol–water partition coefficient (Wildman–Crippen LogP) is 6.10. The molecular formula is C23H18ClFN2O. The SMILES string of the molecule is CC(=O)N1c2ccccc2N=C(c2ccc(F)cc2)CC1c1ccc(Cl)cc1. The molecule has 0 aliphatic carbocycles. The van der Waals surface area contributed by atoms with E-state index in [1.54, 1.807) is 24.0 Å². The van der Waals surface area contributed by atoms with Gasteiger partial charge in [0.05, 0.1) is 23.1 Å². The lowest BCUT2D eigenvalue weighted by atomic mass is 9.96. The van der Waals surface area contributed by atoms with Gasteiger partial charge in [-0.05, 0) is 47.5 Å². The van der Waals surface area contributed by atoms with Crippen LogP contribution in [0.1, 0.15) is 30.5 Å². The minimum atomic E-state index is -0.294. The summed E-state index contributed by atoms with van der Waals surface area (Å²) in [5.74, 6) is -0.360. The number of halogens is 2. The lowest BCUT2D eigenvalue weighted by Crippen LogP contribution is -2.33. The summed E-state index contributed by atoms with van der Waals surface area (Å²) < 4.78 is 13.4. The van der Waals surface area contributed by atoms with Crippen LogP contribution in [0.4, 0.5) is 15.8 Å². The van der Waals surface area contributed by atoms with Crippen molar-refractivity contribution in [2.75, 3.05) is 4.90 Å². The minimum Gasteiger partial charge on any atom is -0.303 e. The maximum absolute atomic E-state index is 13.4. The Balaban J connectivity index is 1.89. The van der Waals surface area contributed by atoms with E-state index in [1.807, 2.05) is 48.5 Å². The summed E-state index contributed by atoms with van der Waals surface area (Å²) in [6.07, 6.45) is 0.502. The number of carbonyl (C=O) groups excluding carboxylic acids is 1. The molecule has 140 valence electrons. The molecule has 0 radical (unpaired) electrons. The van der Waals surface area contributed by atoms with Gasteiger partial charge in [-0.3, -0.25) is 9.79 Å². The monoisotopic (exact) mass is 392 g/mol. The van der Waals surface area contributed by atoms with Crippen molar-refractivity contribution in [2.45, 2.75) is 19.4 Å². The molecule has 1 unspecified atom stereocenters. The van der Waals surface area contributed by atoms with Crippen LogP contribution in [0.15, 0.2) is 77.8 Å². The highest BCUT2D eigenvalue weighted by Gasteiger charge is 2.30. The second kappa shape index (κ2) is 7.56. The topological polar surface area (TPSA) is 32.7 Å². The van der Waals surface area contributed by atoms with Crippen LogP contribution in [0, 0.1) is 5.82 Å².